The Kier molecular flexibility index (Phi) is 10.7. The van der Waals surface area contributed by atoms with E-state index in [1.54, 1.807) is 18.9 Å². The third kappa shape index (κ3) is 8.10. The van der Waals surface area contributed by atoms with Crippen LogP contribution >= 0.6 is 24.2 Å². The quantitative estimate of drug-likeness (QED) is 0.567. The number of ether oxygens (including phenoxy) is 1. The topological polar surface area (TPSA) is 50.4 Å². The van der Waals surface area contributed by atoms with Crippen molar-refractivity contribution in [3.05, 3.63) is 29.8 Å². The van der Waals surface area contributed by atoms with Crippen LogP contribution in [0.4, 0.5) is 0 Å². The molecule has 0 aromatic heterocycles. The summed E-state index contributed by atoms with van der Waals surface area (Å²) < 4.78 is 4.88. The van der Waals surface area contributed by atoms with E-state index in [9.17, 15) is 4.79 Å². The lowest BCUT2D eigenvalue weighted by atomic mass is 10.2. The Bertz CT molecular complexity index is 360. The third-order valence-electron chi connectivity index (χ3n) is 2.42. The maximum Gasteiger partial charge on any atom is 0.234 e. The summed E-state index contributed by atoms with van der Waals surface area (Å²) >= 11 is 1.71. The molecule has 0 radical (unpaired) electrons. The van der Waals surface area contributed by atoms with Gasteiger partial charge in [0, 0.05) is 25.1 Å². The molecule has 0 bridgehead atoms. The van der Waals surface area contributed by atoms with Crippen LogP contribution in [0.1, 0.15) is 5.56 Å². The van der Waals surface area contributed by atoms with Crippen LogP contribution in [0, 0.1) is 0 Å². The maximum atomic E-state index is 11.5. The minimum Gasteiger partial charge on any atom is -0.383 e. The van der Waals surface area contributed by atoms with E-state index in [1.165, 1.54) is 4.90 Å². The van der Waals surface area contributed by atoms with Crippen molar-refractivity contribution in [1.29, 1.82) is 0 Å². The maximum absolute atomic E-state index is 11.5. The Hall–Kier alpha value is -0.750. The fourth-order valence-electron chi connectivity index (χ4n) is 1.38. The number of carbonyl (C=O) groups excluding carboxylic acids is 1. The molecule has 0 aliphatic heterocycles. The molecule has 0 saturated carbocycles. The number of carbonyl (C=O) groups is 1. The van der Waals surface area contributed by atoms with Gasteiger partial charge in [0.1, 0.15) is 0 Å². The summed E-state index contributed by atoms with van der Waals surface area (Å²) in [6.07, 6.45) is 2.04. The minimum atomic E-state index is 0. The summed E-state index contributed by atoms with van der Waals surface area (Å²) in [7, 11) is 1.64. The molecular formula is C13H21ClN2O2S. The molecule has 0 spiro atoms. The molecule has 1 aromatic carbocycles. The monoisotopic (exact) mass is 304 g/mol. The lowest BCUT2D eigenvalue weighted by Crippen LogP contribution is -2.34. The van der Waals surface area contributed by atoms with Gasteiger partial charge in [0.2, 0.25) is 5.91 Å². The fourth-order valence-corrected chi connectivity index (χ4v) is 1.79. The van der Waals surface area contributed by atoms with Crippen molar-refractivity contribution in [3.63, 3.8) is 0 Å². The van der Waals surface area contributed by atoms with E-state index in [2.05, 4.69) is 22.8 Å². The average molecular weight is 305 g/mol. The van der Waals surface area contributed by atoms with Crippen molar-refractivity contribution in [1.82, 2.24) is 10.6 Å². The molecule has 0 fully saturated rings. The third-order valence-corrected chi connectivity index (χ3v) is 3.16. The molecule has 0 atom stereocenters. The van der Waals surface area contributed by atoms with E-state index >= 15 is 0 Å². The summed E-state index contributed by atoms with van der Waals surface area (Å²) in [5, 5.41) is 5.86. The van der Waals surface area contributed by atoms with Crippen LogP contribution in [0.5, 0.6) is 0 Å². The van der Waals surface area contributed by atoms with E-state index in [0.717, 1.165) is 5.56 Å². The summed E-state index contributed by atoms with van der Waals surface area (Å²) in [6, 6.07) is 8.18. The van der Waals surface area contributed by atoms with Gasteiger partial charge in [-0.25, -0.2) is 0 Å². The lowest BCUT2D eigenvalue weighted by Gasteiger charge is -2.07. The van der Waals surface area contributed by atoms with E-state index in [4.69, 9.17) is 4.74 Å². The second-order valence-corrected chi connectivity index (χ2v) is 4.67. The van der Waals surface area contributed by atoms with Gasteiger partial charge in [0.25, 0.3) is 0 Å². The summed E-state index contributed by atoms with van der Waals surface area (Å²) in [5.41, 5.74) is 1.11. The largest absolute Gasteiger partial charge is 0.383 e. The van der Waals surface area contributed by atoms with Crippen LogP contribution in [-0.4, -0.2) is 39.0 Å². The standard InChI is InChI=1S/C13H20N2O2S.ClH/c1-17-8-7-14-10-13(16)15-9-11-3-5-12(18-2)6-4-11;/h3-6,14H,7-10H2,1-2H3,(H,15,16);1H. The second-order valence-electron chi connectivity index (χ2n) is 3.79. The van der Waals surface area contributed by atoms with Crippen LogP contribution < -0.4 is 10.6 Å². The summed E-state index contributed by atoms with van der Waals surface area (Å²) in [6.45, 7) is 2.20. The van der Waals surface area contributed by atoms with Crippen molar-refractivity contribution in [3.8, 4) is 0 Å². The molecule has 6 heteroatoms. The summed E-state index contributed by atoms with van der Waals surface area (Å²) in [4.78, 5) is 12.7. The van der Waals surface area contributed by atoms with Gasteiger partial charge in [-0.05, 0) is 24.0 Å². The first-order chi connectivity index (χ1) is 8.76. The Labute approximate surface area is 125 Å². The molecule has 1 aromatic rings. The van der Waals surface area contributed by atoms with Gasteiger partial charge in [0.15, 0.2) is 0 Å². The van der Waals surface area contributed by atoms with Gasteiger partial charge in [-0.15, -0.1) is 24.2 Å². The second kappa shape index (κ2) is 11.1. The van der Waals surface area contributed by atoms with Crippen LogP contribution in [-0.2, 0) is 16.1 Å². The molecule has 0 saturated heterocycles. The SMILES string of the molecule is COCCNCC(=O)NCc1ccc(SC)cc1.Cl. The zero-order valence-corrected chi connectivity index (χ0v) is 12.9. The van der Waals surface area contributed by atoms with E-state index in [1.807, 2.05) is 18.4 Å². The number of halogens is 1. The van der Waals surface area contributed by atoms with Crippen molar-refractivity contribution in [2.24, 2.45) is 0 Å². The van der Waals surface area contributed by atoms with Crippen molar-refractivity contribution in [2.75, 3.05) is 33.1 Å². The molecule has 1 amide bonds. The Morgan fingerprint density at radius 3 is 2.58 bits per heavy atom. The molecule has 4 nitrogen and oxygen atoms in total. The number of thioether (sulfide) groups is 1. The van der Waals surface area contributed by atoms with Crippen LogP contribution in [0.3, 0.4) is 0 Å². The number of benzene rings is 1. The van der Waals surface area contributed by atoms with E-state index in [-0.39, 0.29) is 18.3 Å². The molecular weight excluding hydrogens is 284 g/mol. The zero-order chi connectivity index (χ0) is 13.2. The molecule has 108 valence electrons. The van der Waals surface area contributed by atoms with Crippen molar-refractivity contribution in [2.45, 2.75) is 11.4 Å². The molecule has 1 rings (SSSR count). The van der Waals surface area contributed by atoms with Gasteiger partial charge in [-0.2, -0.15) is 0 Å². The highest BCUT2D eigenvalue weighted by atomic mass is 35.5. The first-order valence-corrected chi connectivity index (χ1v) is 7.08. The minimum absolute atomic E-state index is 0. The Morgan fingerprint density at radius 2 is 2.00 bits per heavy atom. The number of methoxy groups -OCH3 is 1. The predicted octanol–water partition coefficient (Wildman–Crippen LogP) is 1.68. The van der Waals surface area contributed by atoms with Crippen LogP contribution in [0.25, 0.3) is 0 Å². The molecule has 0 aliphatic rings. The highest BCUT2D eigenvalue weighted by Gasteiger charge is 2.00. The van der Waals surface area contributed by atoms with Gasteiger partial charge >= 0.3 is 0 Å². The number of nitrogens with one attached hydrogen (secondary N) is 2. The smallest absolute Gasteiger partial charge is 0.234 e. The molecule has 19 heavy (non-hydrogen) atoms. The zero-order valence-electron chi connectivity index (χ0n) is 11.3. The number of amides is 1. The number of hydrogen-bond acceptors (Lipinski definition) is 4. The fraction of sp³-hybridized carbons (Fsp3) is 0.462. The van der Waals surface area contributed by atoms with Gasteiger partial charge in [0.05, 0.1) is 13.2 Å². The highest BCUT2D eigenvalue weighted by molar-refractivity contribution is 7.98. The number of rotatable bonds is 8. The summed E-state index contributed by atoms with van der Waals surface area (Å²) in [5.74, 6) is 0.0000427. The molecule has 0 heterocycles. The molecule has 0 unspecified atom stereocenters. The highest BCUT2D eigenvalue weighted by Crippen LogP contribution is 2.14. The molecule has 0 aliphatic carbocycles. The van der Waals surface area contributed by atoms with Gasteiger partial charge in [-0.3, -0.25) is 4.79 Å². The van der Waals surface area contributed by atoms with Crippen LogP contribution in [0.15, 0.2) is 29.2 Å². The van der Waals surface area contributed by atoms with Gasteiger partial charge < -0.3 is 15.4 Å². The van der Waals surface area contributed by atoms with E-state index < -0.39 is 0 Å². The predicted molar refractivity (Wildman–Crippen MR) is 82.1 cm³/mol. The Balaban J connectivity index is 0.00000324. The normalized spacial score (nSPS) is 9.79. The lowest BCUT2D eigenvalue weighted by molar-refractivity contribution is -0.120. The average Bonchev–Trinajstić information content (AvgIpc) is 2.42. The first kappa shape index (κ1) is 18.2. The first-order valence-electron chi connectivity index (χ1n) is 5.85. The molecule has 2 N–H and O–H groups in total. The van der Waals surface area contributed by atoms with E-state index in [0.29, 0.717) is 26.2 Å². The number of hydrogen-bond donors (Lipinski definition) is 2. The van der Waals surface area contributed by atoms with Gasteiger partial charge in [-0.1, -0.05) is 12.1 Å². The Morgan fingerprint density at radius 1 is 1.32 bits per heavy atom. The van der Waals surface area contributed by atoms with Crippen molar-refractivity contribution >= 4 is 30.1 Å². The van der Waals surface area contributed by atoms with Crippen molar-refractivity contribution < 1.29 is 9.53 Å². The van der Waals surface area contributed by atoms with Crippen LogP contribution in [0.2, 0.25) is 0 Å².